The third-order valence-electron chi connectivity index (χ3n) is 4.54. The fraction of sp³-hybridized carbons (Fsp3) is 0.600. The molecule has 1 saturated heterocycles. The van der Waals surface area contributed by atoms with Crippen molar-refractivity contribution in [2.24, 2.45) is 11.3 Å². The van der Waals surface area contributed by atoms with E-state index in [9.17, 15) is 4.39 Å². The summed E-state index contributed by atoms with van der Waals surface area (Å²) in [6.07, 6.45) is 1.58. The lowest BCUT2D eigenvalue weighted by Gasteiger charge is -2.55. The zero-order valence-corrected chi connectivity index (χ0v) is 10.9. The van der Waals surface area contributed by atoms with Crippen molar-refractivity contribution in [3.8, 4) is 0 Å². The van der Waals surface area contributed by atoms with E-state index in [1.165, 1.54) is 12.1 Å². The number of nitrogens with one attached hydrogen (secondary N) is 1. The van der Waals surface area contributed by atoms with Crippen LogP contribution in [0.15, 0.2) is 24.3 Å². The van der Waals surface area contributed by atoms with E-state index in [0.717, 1.165) is 25.1 Å². The molecule has 98 valence electrons. The monoisotopic (exact) mass is 249 g/mol. The molecular formula is C15H20FNO. The van der Waals surface area contributed by atoms with Crippen molar-refractivity contribution in [3.63, 3.8) is 0 Å². The van der Waals surface area contributed by atoms with E-state index in [4.69, 9.17) is 4.74 Å². The molecule has 3 heteroatoms. The average Bonchev–Trinajstić information content (AvgIpc) is 2.78. The molecule has 3 atom stereocenters. The van der Waals surface area contributed by atoms with E-state index in [1.54, 1.807) is 0 Å². The smallest absolute Gasteiger partial charge is 0.123 e. The maximum atomic E-state index is 12.8. The molecule has 2 aliphatic rings. The highest BCUT2D eigenvalue weighted by Gasteiger charge is 2.58. The summed E-state index contributed by atoms with van der Waals surface area (Å²) in [6.45, 7) is 6.23. The molecule has 0 aromatic heterocycles. The van der Waals surface area contributed by atoms with Gasteiger partial charge in [0.2, 0.25) is 0 Å². The Morgan fingerprint density at radius 2 is 2.06 bits per heavy atom. The molecule has 0 amide bonds. The van der Waals surface area contributed by atoms with Gasteiger partial charge in [-0.05, 0) is 24.1 Å². The van der Waals surface area contributed by atoms with Gasteiger partial charge in [0, 0.05) is 30.5 Å². The average molecular weight is 249 g/mol. The molecule has 1 aromatic rings. The number of halogens is 1. The Kier molecular flexibility index (Phi) is 2.91. The van der Waals surface area contributed by atoms with Crippen LogP contribution in [0.1, 0.15) is 25.8 Å². The van der Waals surface area contributed by atoms with Crippen LogP contribution in [0.25, 0.3) is 0 Å². The maximum absolute atomic E-state index is 12.8. The molecule has 1 aliphatic carbocycles. The maximum Gasteiger partial charge on any atom is 0.123 e. The largest absolute Gasteiger partial charge is 0.377 e. The van der Waals surface area contributed by atoms with Gasteiger partial charge < -0.3 is 10.1 Å². The first-order valence-electron chi connectivity index (χ1n) is 6.68. The zero-order chi connectivity index (χ0) is 12.8. The highest BCUT2D eigenvalue weighted by molar-refractivity contribution is 5.17. The van der Waals surface area contributed by atoms with Crippen LogP contribution in [-0.2, 0) is 11.3 Å². The van der Waals surface area contributed by atoms with Gasteiger partial charge >= 0.3 is 0 Å². The van der Waals surface area contributed by atoms with Crippen molar-refractivity contribution in [2.75, 3.05) is 6.61 Å². The standard InChI is InChI=1S/C15H20FNO/c1-15(2)13(12-7-8-18-14(12)15)17-9-10-3-5-11(16)6-4-10/h3-6,12-14,17H,7-9H2,1-2H3. The van der Waals surface area contributed by atoms with Gasteiger partial charge in [-0.1, -0.05) is 26.0 Å². The predicted octanol–water partition coefficient (Wildman–Crippen LogP) is 2.73. The van der Waals surface area contributed by atoms with Crippen LogP contribution in [0.4, 0.5) is 4.39 Å². The van der Waals surface area contributed by atoms with Crippen molar-refractivity contribution >= 4 is 0 Å². The number of benzene rings is 1. The lowest BCUT2D eigenvalue weighted by Crippen LogP contribution is -2.65. The zero-order valence-electron chi connectivity index (χ0n) is 10.9. The molecule has 2 nitrogen and oxygen atoms in total. The number of rotatable bonds is 3. The second-order valence-corrected chi connectivity index (χ2v) is 6.05. The van der Waals surface area contributed by atoms with Gasteiger partial charge in [-0.3, -0.25) is 0 Å². The minimum absolute atomic E-state index is 0.174. The van der Waals surface area contributed by atoms with Gasteiger partial charge in [-0.25, -0.2) is 4.39 Å². The Bertz CT molecular complexity index is 429. The van der Waals surface area contributed by atoms with E-state index in [0.29, 0.717) is 18.1 Å². The van der Waals surface area contributed by atoms with Gasteiger partial charge in [0.25, 0.3) is 0 Å². The van der Waals surface area contributed by atoms with Crippen LogP contribution in [0.2, 0.25) is 0 Å². The summed E-state index contributed by atoms with van der Waals surface area (Å²) in [7, 11) is 0. The van der Waals surface area contributed by atoms with Crippen molar-refractivity contribution in [2.45, 2.75) is 39.0 Å². The van der Waals surface area contributed by atoms with Crippen LogP contribution in [0.3, 0.4) is 0 Å². The normalized spacial score (nSPS) is 32.9. The second kappa shape index (κ2) is 4.32. The van der Waals surface area contributed by atoms with Gasteiger partial charge in [-0.15, -0.1) is 0 Å². The Balaban J connectivity index is 1.62. The molecule has 1 aromatic carbocycles. The predicted molar refractivity (Wildman–Crippen MR) is 68.7 cm³/mol. The summed E-state index contributed by atoms with van der Waals surface area (Å²) >= 11 is 0. The van der Waals surface area contributed by atoms with Crippen molar-refractivity contribution in [1.29, 1.82) is 0 Å². The lowest BCUT2D eigenvalue weighted by molar-refractivity contribution is -0.113. The lowest BCUT2D eigenvalue weighted by atomic mass is 9.57. The van der Waals surface area contributed by atoms with Crippen LogP contribution >= 0.6 is 0 Å². The molecule has 1 heterocycles. The molecular weight excluding hydrogens is 229 g/mol. The summed E-state index contributed by atoms with van der Waals surface area (Å²) in [4.78, 5) is 0. The third-order valence-corrected chi connectivity index (χ3v) is 4.54. The number of fused-ring (bicyclic) bond motifs is 1. The third kappa shape index (κ3) is 1.86. The van der Waals surface area contributed by atoms with E-state index < -0.39 is 0 Å². The summed E-state index contributed by atoms with van der Waals surface area (Å²) in [5, 5.41) is 3.61. The van der Waals surface area contributed by atoms with E-state index in [-0.39, 0.29) is 11.2 Å². The SMILES string of the molecule is CC1(C)C(NCc2ccc(F)cc2)C2CCOC21. The second-order valence-electron chi connectivity index (χ2n) is 6.05. The summed E-state index contributed by atoms with van der Waals surface area (Å²) in [5.74, 6) is 0.479. The fourth-order valence-corrected chi connectivity index (χ4v) is 3.57. The summed E-state index contributed by atoms with van der Waals surface area (Å²) in [5.41, 5.74) is 1.34. The number of ether oxygens (including phenoxy) is 1. The Morgan fingerprint density at radius 1 is 1.33 bits per heavy atom. The van der Waals surface area contributed by atoms with Gasteiger partial charge in [0.05, 0.1) is 6.10 Å². The van der Waals surface area contributed by atoms with Gasteiger partial charge in [-0.2, -0.15) is 0 Å². The minimum atomic E-state index is -0.174. The molecule has 1 aliphatic heterocycles. The highest BCUT2D eigenvalue weighted by Crippen LogP contribution is 2.52. The fourth-order valence-electron chi connectivity index (χ4n) is 3.57. The van der Waals surface area contributed by atoms with E-state index >= 15 is 0 Å². The number of hydrogen-bond acceptors (Lipinski definition) is 2. The minimum Gasteiger partial charge on any atom is -0.377 e. The van der Waals surface area contributed by atoms with E-state index in [2.05, 4.69) is 19.2 Å². The summed E-state index contributed by atoms with van der Waals surface area (Å²) in [6, 6.07) is 7.23. The Labute approximate surface area is 108 Å². The van der Waals surface area contributed by atoms with Crippen LogP contribution in [-0.4, -0.2) is 18.8 Å². The molecule has 0 spiro atoms. The van der Waals surface area contributed by atoms with Crippen molar-refractivity contribution in [1.82, 2.24) is 5.32 Å². The van der Waals surface area contributed by atoms with Gasteiger partial charge in [0.15, 0.2) is 0 Å². The molecule has 1 saturated carbocycles. The Hall–Kier alpha value is -0.930. The van der Waals surface area contributed by atoms with Crippen LogP contribution < -0.4 is 5.32 Å². The van der Waals surface area contributed by atoms with Gasteiger partial charge in [0.1, 0.15) is 5.82 Å². The Morgan fingerprint density at radius 3 is 2.78 bits per heavy atom. The van der Waals surface area contributed by atoms with Crippen LogP contribution in [0.5, 0.6) is 0 Å². The quantitative estimate of drug-likeness (QED) is 0.889. The molecule has 18 heavy (non-hydrogen) atoms. The first-order chi connectivity index (χ1) is 8.59. The first kappa shape index (κ1) is 12.1. The number of hydrogen-bond donors (Lipinski definition) is 1. The highest BCUT2D eigenvalue weighted by atomic mass is 19.1. The molecule has 0 bridgehead atoms. The molecule has 3 unspecified atom stereocenters. The molecule has 1 N–H and O–H groups in total. The van der Waals surface area contributed by atoms with Crippen molar-refractivity contribution < 1.29 is 9.13 Å². The molecule has 2 fully saturated rings. The van der Waals surface area contributed by atoms with E-state index in [1.807, 2.05) is 12.1 Å². The molecule has 0 radical (unpaired) electrons. The van der Waals surface area contributed by atoms with Crippen LogP contribution in [0, 0.1) is 17.2 Å². The molecule has 3 rings (SSSR count). The topological polar surface area (TPSA) is 21.3 Å². The van der Waals surface area contributed by atoms with Crippen molar-refractivity contribution in [3.05, 3.63) is 35.6 Å². The first-order valence-corrected chi connectivity index (χ1v) is 6.68. The summed E-state index contributed by atoms with van der Waals surface area (Å²) < 4.78 is 18.6.